The fourth-order valence-electron chi connectivity index (χ4n) is 2.35. The second kappa shape index (κ2) is 8.45. The average molecular weight is 328 g/mol. The fraction of sp³-hybridized carbons (Fsp3) is 0.368. The molecular formula is C19H24N2O3. The predicted octanol–water partition coefficient (Wildman–Crippen LogP) is 2.88. The molecule has 128 valence electrons. The van der Waals surface area contributed by atoms with Gasteiger partial charge in [-0.15, -0.1) is 0 Å². The molecule has 0 aliphatic carbocycles. The van der Waals surface area contributed by atoms with Gasteiger partial charge in [0.1, 0.15) is 6.10 Å². The molecule has 0 aromatic heterocycles. The molecule has 1 amide bonds. The molecule has 2 rings (SSSR count). The smallest absolute Gasteiger partial charge is 0.331 e. The molecule has 1 aromatic carbocycles. The minimum absolute atomic E-state index is 0.112. The summed E-state index contributed by atoms with van der Waals surface area (Å²) in [6.07, 6.45) is 8.09. The highest BCUT2D eigenvalue weighted by molar-refractivity contribution is 5.96. The third-order valence-electron chi connectivity index (χ3n) is 4.16. The van der Waals surface area contributed by atoms with Gasteiger partial charge in [-0.25, -0.2) is 4.79 Å². The number of carbonyl (C=O) groups excluding carboxylic acids is 2. The number of amides is 1. The van der Waals surface area contributed by atoms with E-state index in [4.69, 9.17) is 10.5 Å². The molecule has 0 saturated heterocycles. The second-order valence-electron chi connectivity index (χ2n) is 5.96. The summed E-state index contributed by atoms with van der Waals surface area (Å²) in [5, 5.41) is 2.89. The standard InChI is InChI=1S/C19H24N2O3/c1-3-13(2)18(20)19(23)21-16-9-5-4-7-14(16)11-12-15-8-6-10-17(22)24-15/h4-7,9-13,15,18H,3,8,20H2,1-2H3,(H,21,23)/b12-11+/t13-,15+,18-/m0/s1. The van der Waals surface area contributed by atoms with Gasteiger partial charge in [0.2, 0.25) is 5.91 Å². The monoisotopic (exact) mass is 328 g/mol. The summed E-state index contributed by atoms with van der Waals surface area (Å²) in [5.74, 6) is -0.421. The van der Waals surface area contributed by atoms with E-state index in [2.05, 4.69) is 5.32 Å². The van der Waals surface area contributed by atoms with Gasteiger partial charge in [-0.1, -0.05) is 50.6 Å². The zero-order valence-electron chi connectivity index (χ0n) is 14.1. The van der Waals surface area contributed by atoms with Gasteiger partial charge in [0.15, 0.2) is 0 Å². The Morgan fingerprint density at radius 2 is 2.21 bits per heavy atom. The van der Waals surface area contributed by atoms with Gasteiger partial charge in [0.05, 0.1) is 6.04 Å². The number of ether oxygens (including phenoxy) is 1. The van der Waals surface area contributed by atoms with Crippen molar-refractivity contribution in [2.45, 2.75) is 38.8 Å². The third-order valence-corrected chi connectivity index (χ3v) is 4.16. The number of nitrogens with one attached hydrogen (secondary N) is 1. The average Bonchev–Trinajstić information content (AvgIpc) is 2.59. The topological polar surface area (TPSA) is 81.4 Å². The van der Waals surface area contributed by atoms with Gasteiger partial charge >= 0.3 is 5.97 Å². The number of anilines is 1. The number of carbonyl (C=O) groups is 2. The molecule has 0 spiro atoms. The third kappa shape index (κ3) is 4.80. The molecule has 3 atom stereocenters. The summed E-state index contributed by atoms with van der Waals surface area (Å²) < 4.78 is 5.19. The Hall–Kier alpha value is -2.40. The van der Waals surface area contributed by atoms with E-state index in [1.54, 1.807) is 6.08 Å². The van der Waals surface area contributed by atoms with Crippen molar-refractivity contribution in [2.75, 3.05) is 5.32 Å². The van der Waals surface area contributed by atoms with Crippen LogP contribution in [0, 0.1) is 5.92 Å². The van der Waals surface area contributed by atoms with Crippen LogP contribution in [0.3, 0.4) is 0 Å². The first kappa shape index (κ1) is 17.9. The number of para-hydroxylation sites is 1. The van der Waals surface area contributed by atoms with Crippen LogP contribution in [0.2, 0.25) is 0 Å². The highest BCUT2D eigenvalue weighted by Gasteiger charge is 2.20. The van der Waals surface area contributed by atoms with Crippen molar-refractivity contribution in [3.8, 4) is 0 Å². The Bertz CT molecular complexity index is 652. The van der Waals surface area contributed by atoms with Crippen LogP contribution >= 0.6 is 0 Å². The van der Waals surface area contributed by atoms with Crippen LogP contribution in [0.1, 0.15) is 32.3 Å². The van der Waals surface area contributed by atoms with Crippen molar-refractivity contribution in [1.82, 2.24) is 0 Å². The molecule has 0 fully saturated rings. The van der Waals surface area contributed by atoms with E-state index in [1.807, 2.05) is 50.3 Å². The Morgan fingerprint density at radius 3 is 2.92 bits per heavy atom. The summed E-state index contributed by atoms with van der Waals surface area (Å²) in [4.78, 5) is 23.5. The Balaban J connectivity index is 2.08. The van der Waals surface area contributed by atoms with Crippen LogP contribution < -0.4 is 11.1 Å². The van der Waals surface area contributed by atoms with E-state index < -0.39 is 6.04 Å². The lowest BCUT2D eigenvalue weighted by molar-refractivity contribution is -0.141. The maximum absolute atomic E-state index is 12.3. The minimum atomic E-state index is -0.545. The molecule has 1 heterocycles. The zero-order chi connectivity index (χ0) is 17.5. The molecule has 3 N–H and O–H groups in total. The molecule has 5 nitrogen and oxygen atoms in total. The van der Waals surface area contributed by atoms with Gasteiger partial charge < -0.3 is 15.8 Å². The molecule has 1 aromatic rings. The number of hydrogen-bond acceptors (Lipinski definition) is 4. The van der Waals surface area contributed by atoms with Crippen molar-refractivity contribution in [3.05, 3.63) is 48.1 Å². The lowest BCUT2D eigenvalue weighted by Gasteiger charge is -2.19. The molecule has 0 radical (unpaired) electrons. The van der Waals surface area contributed by atoms with E-state index in [1.165, 1.54) is 6.08 Å². The van der Waals surface area contributed by atoms with Crippen LogP contribution in [-0.4, -0.2) is 24.0 Å². The summed E-state index contributed by atoms with van der Waals surface area (Å²) in [5.41, 5.74) is 7.51. The molecule has 1 aliphatic rings. The van der Waals surface area contributed by atoms with Gasteiger partial charge in [0, 0.05) is 18.2 Å². The maximum atomic E-state index is 12.3. The van der Waals surface area contributed by atoms with Crippen LogP contribution in [0.5, 0.6) is 0 Å². The van der Waals surface area contributed by atoms with Crippen molar-refractivity contribution in [3.63, 3.8) is 0 Å². The quantitative estimate of drug-likeness (QED) is 0.787. The number of cyclic esters (lactones) is 1. The second-order valence-corrected chi connectivity index (χ2v) is 5.96. The van der Waals surface area contributed by atoms with Crippen molar-refractivity contribution < 1.29 is 14.3 Å². The fourth-order valence-corrected chi connectivity index (χ4v) is 2.35. The van der Waals surface area contributed by atoms with E-state index in [-0.39, 0.29) is 23.9 Å². The minimum Gasteiger partial charge on any atom is -0.455 e. The first-order valence-corrected chi connectivity index (χ1v) is 8.22. The Labute approximate surface area is 142 Å². The maximum Gasteiger partial charge on any atom is 0.331 e. The van der Waals surface area contributed by atoms with Crippen molar-refractivity contribution >= 4 is 23.6 Å². The SMILES string of the molecule is CC[C@H](C)[C@H](N)C(=O)Nc1ccccc1/C=C/[C@H]1CC=CC(=O)O1. The van der Waals surface area contributed by atoms with Crippen LogP contribution in [0.25, 0.3) is 6.08 Å². The van der Waals surface area contributed by atoms with E-state index >= 15 is 0 Å². The van der Waals surface area contributed by atoms with E-state index in [9.17, 15) is 9.59 Å². The van der Waals surface area contributed by atoms with Crippen LogP contribution in [-0.2, 0) is 14.3 Å². The normalized spacial score (nSPS) is 19.8. The summed E-state index contributed by atoms with van der Waals surface area (Å²) >= 11 is 0. The number of nitrogens with two attached hydrogens (primary N) is 1. The van der Waals surface area contributed by atoms with E-state index in [0.717, 1.165) is 12.0 Å². The summed E-state index contributed by atoms with van der Waals surface area (Å²) in [6.45, 7) is 3.97. The lowest BCUT2D eigenvalue weighted by atomic mass is 9.99. The number of rotatable bonds is 6. The Kier molecular flexibility index (Phi) is 6.32. The van der Waals surface area contributed by atoms with Crippen LogP contribution in [0.15, 0.2) is 42.5 Å². The van der Waals surface area contributed by atoms with Crippen molar-refractivity contribution in [2.24, 2.45) is 11.7 Å². The van der Waals surface area contributed by atoms with Gasteiger partial charge in [-0.3, -0.25) is 4.79 Å². The summed E-state index contributed by atoms with van der Waals surface area (Å²) in [7, 11) is 0. The highest BCUT2D eigenvalue weighted by atomic mass is 16.5. The Morgan fingerprint density at radius 1 is 1.46 bits per heavy atom. The highest BCUT2D eigenvalue weighted by Crippen LogP contribution is 2.19. The van der Waals surface area contributed by atoms with Gasteiger partial charge in [0.25, 0.3) is 0 Å². The lowest BCUT2D eigenvalue weighted by Crippen LogP contribution is -2.40. The molecule has 1 aliphatic heterocycles. The first-order chi connectivity index (χ1) is 11.5. The predicted molar refractivity (Wildman–Crippen MR) is 95.2 cm³/mol. The number of esters is 1. The van der Waals surface area contributed by atoms with E-state index in [0.29, 0.717) is 12.1 Å². The largest absolute Gasteiger partial charge is 0.455 e. The first-order valence-electron chi connectivity index (χ1n) is 8.22. The van der Waals surface area contributed by atoms with Crippen LogP contribution in [0.4, 0.5) is 5.69 Å². The molecule has 0 unspecified atom stereocenters. The van der Waals surface area contributed by atoms with Gasteiger partial charge in [-0.2, -0.15) is 0 Å². The molecule has 24 heavy (non-hydrogen) atoms. The van der Waals surface area contributed by atoms with Crippen molar-refractivity contribution in [1.29, 1.82) is 0 Å². The molecule has 0 saturated carbocycles. The molecule has 0 bridgehead atoms. The van der Waals surface area contributed by atoms with Gasteiger partial charge in [-0.05, 0) is 23.6 Å². The molecule has 5 heteroatoms. The molecular weight excluding hydrogens is 304 g/mol. The summed E-state index contributed by atoms with van der Waals surface area (Å²) in [6, 6.07) is 6.91. The number of benzene rings is 1. The number of hydrogen-bond donors (Lipinski definition) is 2. The zero-order valence-corrected chi connectivity index (χ0v) is 14.1.